The average molecular weight is 461 g/mol. The van der Waals surface area contributed by atoms with Gasteiger partial charge in [0.25, 0.3) is 0 Å². The highest BCUT2D eigenvalue weighted by atomic mass is 127. The maximum Gasteiger partial charge on any atom is 0.145 e. The first-order valence-electron chi connectivity index (χ1n) is 5.99. The first-order chi connectivity index (χ1) is 9.78. The van der Waals surface area contributed by atoms with E-state index in [0.717, 1.165) is 26.7 Å². The molecular formula is C14H11BrIN2OP. The van der Waals surface area contributed by atoms with Gasteiger partial charge in [-0.3, -0.25) is 0 Å². The number of rotatable bonds is 4. The second-order valence-electron chi connectivity index (χ2n) is 4.24. The van der Waals surface area contributed by atoms with Gasteiger partial charge in [0.05, 0.1) is 21.7 Å². The number of benzene rings is 2. The van der Waals surface area contributed by atoms with Crippen LogP contribution in [0, 0.1) is 0 Å². The Morgan fingerprint density at radius 3 is 2.75 bits per heavy atom. The van der Waals surface area contributed by atoms with Gasteiger partial charge in [-0.1, -0.05) is 30.3 Å². The van der Waals surface area contributed by atoms with E-state index in [1.54, 1.807) is 0 Å². The van der Waals surface area contributed by atoms with Gasteiger partial charge >= 0.3 is 0 Å². The van der Waals surface area contributed by atoms with Crippen LogP contribution < -0.4 is 4.74 Å². The minimum atomic E-state index is 0.552. The molecule has 0 saturated heterocycles. The lowest BCUT2D eigenvalue weighted by Crippen LogP contribution is -1.96. The maximum absolute atomic E-state index is 5.99. The fourth-order valence-corrected chi connectivity index (χ4v) is 3.49. The fourth-order valence-electron chi connectivity index (χ4n) is 1.96. The third kappa shape index (κ3) is 3.00. The monoisotopic (exact) mass is 460 g/mol. The Hall–Kier alpha value is -0.650. The van der Waals surface area contributed by atoms with Gasteiger partial charge in [0.1, 0.15) is 12.4 Å². The molecule has 0 fully saturated rings. The Morgan fingerprint density at radius 2 is 2.00 bits per heavy atom. The number of hydrogen-bond donors (Lipinski definition) is 0. The highest BCUT2D eigenvalue weighted by Crippen LogP contribution is 2.36. The molecule has 0 spiro atoms. The zero-order valence-electron chi connectivity index (χ0n) is 10.4. The highest BCUT2D eigenvalue weighted by Gasteiger charge is 2.11. The smallest absolute Gasteiger partial charge is 0.145 e. The summed E-state index contributed by atoms with van der Waals surface area (Å²) in [6.45, 7) is 0.552. The summed E-state index contributed by atoms with van der Waals surface area (Å²) < 4.78 is 8.89. The molecule has 1 atom stereocenters. The quantitative estimate of drug-likeness (QED) is 0.396. The molecule has 1 aromatic heterocycles. The zero-order valence-corrected chi connectivity index (χ0v) is 15.1. The summed E-state index contributed by atoms with van der Waals surface area (Å²) in [5.41, 5.74) is 2.11. The van der Waals surface area contributed by atoms with E-state index in [2.05, 4.69) is 55.2 Å². The largest absolute Gasteiger partial charge is 0.487 e. The van der Waals surface area contributed by atoms with Crippen molar-refractivity contribution in [2.45, 2.75) is 6.61 Å². The topological polar surface area (TPSA) is 27.1 Å². The maximum atomic E-state index is 5.99. The Morgan fingerprint density at radius 1 is 1.20 bits per heavy atom. The van der Waals surface area contributed by atoms with E-state index in [-0.39, 0.29) is 0 Å². The van der Waals surface area contributed by atoms with E-state index in [9.17, 15) is 0 Å². The molecule has 102 valence electrons. The number of fused-ring (bicyclic) bond motifs is 1. The van der Waals surface area contributed by atoms with Crippen molar-refractivity contribution in [2.75, 3.05) is 0 Å². The summed E-state index contributed by atoms with van der Waals surface area (Å²) >= 11 is 5.88. The SMILES string of the molecule is Brc1ccc2nn(PI)cc2c1OCc1ccccc1. The number of ether oxygens (including phenoxy) is 1. The molecule has 0 amide bonds. The molecule has 2 aromatic carbocycles. The lowest BCUT2D eigenvalue weighted by Gasteiger charge is -2.09. The van der Waals surface area contributed by atoms with Crippen molar-refractivity contribution in [3.8, 4) is 5.75 Å². The van der Waals surface area contributed by atoms with Crippen molar-refractivity contribution in [1.82, 2.24) is 9.55 Å². The molecule has 6 heteroatoms. The van der Waals surface area contributed by atoms with Crippen LogP contribution >= 0.6 is 44.3 Å². The van der Waals surface area contributed by atoms with Crippen LogP contribution in [-0.4, -0.2) is 9.55 Å². The Kier molecular flexibility index (Phi) is 4.58. The number of hydrogen-bond acceptors (Lipinski definition) is 2. The van der Waals surface area contributed by atoms with Crippen LogP contribution in [0.15, 0.2) is 53.1 Å². The molecule has 0 aliphatic rings. The summed E-state index contributed by atoms with van der Waals surface area (Å²) in [4.78, 5) is 0. The van der Waals surface area contributed by atoms with Gasteiger partial charge in [0, 0.05) is 6.20 Å². The lowest BCUT2D eigenvalue weighted by molar-refractivity contribution is 0.308. The minimum absolute atomic E-state index is 0.552. The molecule has 0 N–H and O–H groups in total. The van der Waals surface area contributed by atoms with E-state index in [4.69, 9.17) is 4.74 Å². The van der Waals surface area contributed by atoms with Crippen LogP contribution in [0.5, 0.6) is 5.75 Å². The van der Waals surface area contributed by atoms with Gasteiger partial charge < -0.3 is 4.74 Å². The van der Waals surface area contributed by atoms with E-state index < -0.39 is 0 Å². The second kappa shape index (κ2) is 6.41. The van der Waals surface area contributed by atoms with Crippen LogP contribution in [0.25, 0.3) is 10.9 Å². The Balaban J connectivity index is 1.93. The molecule has 20 heavy (non-hydrogen) atoms. The molecular weight excluding hydrogens is 450 g/mol. The molecule has 1 heterocycles. The fraction of sp³-hybridized carbons (Fsp3) is 0.0714. The first kappa shape index (κ1) is 14.3. The van der Waals surface area contributed by atoms with Crippen LogP contribution in [-0.2, 0) is 6.61 Å². The Labute approximate surface area is 140 Å². The van der Waals surface area contributed by atoms with E-state index in [1.165, 1.54) is 0 Å². The number of halogens is 2. The van der Waals surface area contributed by atoms with Crippen molar-refractivity contribution < 1.29 is 4.74 Å². The summed E-state index contributed by atoms with van der Waals surface area (Å²) in [6.07, 6.45) is 2.62. The molecule has 0 aliphatic carbocycles. The predicted molar refractivity (Wildman–Crippen MR) is 95.9 cm³/mol. The summed E-state index contributed by atoms with van der Waals surface area (Å²) in [7, 11) is 0. The van der Waals surface area contributed by atoms with E-state index >= 15 is 0 Å². The van der Waals surface area contributed by atoms with E-state index in [0.29, 0.717) is 13.0 Å². The van der Waals surface area contributed by atoms with Crippen molar-refractivity contribution in [3.05, 3.63) is 58.7 Å². The Bertz CT molecular complexity index is 733. The second-order valence-corrected chi connectivity index (χ2v) is 7.17. The normalized spacial score (nSPS) is 11.5. The molecule has 3 aromatic rings. The van der Waals surface area contributed by atoms with Gasteiger partial charge in [-0.2, -0.15) is 5.10 Å². The van der Waals surface area contributed by atoms with Gasteiger partial charge in [0.2, 0.25) is 0 Å². The van der Waals surface area contributed by atoms with Crippen LogP contribution in [0.1, 0.15) is 5.56 Å². The highest BCUT2D eigenvalue weighted by molar-refractivity contribution is 14.2. The summed E-state index contributed by atoms with van der Waals surface area (Å²) in [5, 5.41) is 5.55. The van der Waals surface area contributed by atoms with Gasteiger partial charge in [0.15, 0.2) is 0 Å². The molecule has 0 bridgehead atoms. The molecule has 0 saturated carbocycles. The molecule has 3 rings (SSSR count). The van der Waals surface area contributed by atoms with Crippen LogP contribution in [0.2, 0.25) is 0 Å². The third-order valence-electron chi connectivity index (χ3n) is 2.90. The van der Waals surface area contributed by atoms with Crippen molar-refractivity contribution >= 4 is 55.2 Å². The van der Waals surface area contributed by atoms with Gasteiger partial charge in [-0.25, -0.2) is 4.45 Å². The van der Waals surface area contributed by atoms with E-state index in [1.807, 2.05) is 41.0 Å². The van der Waals surface area contributed by atoms with Crippen LogP contribution in [0.4, 0.5) is 0 Å². The third-order valence-corrected chi connectivity index (χ3v) is 5.41. The molecule has 0 aliphatic heterocycles. The number of aromatic nitrogens is 2. The minimum Gasteiger partial charge on any atom is -0.487 e. The summed E-state index contributed by atoms with van der Waals surface area (Å²) in [6, 6.07) is 14.1. The van der Waals surface area contributed by atoms with Crippen molar-refractivity contribution in [2.24, 2.45) is 0 Å². The number of nitrogens with zero attached hydrogens (tertiary/aromatic N) is 2. The average Bonchev–Trinajstić information content (AvgIpc) is 2.91. The van der Waals surface area contributed by atoms with Crippen molar-refractivity contribution in [3.63, 3.8) is 0 Å². The predicted octanol–water partition coefficient (Wildman–Crippen LogP) is 5.17. The standard InChI is InChI=1S/C14H11BrIN2OP/c15-12-6-7-13-11(8-18(17-13)20-16)14(12)19-9-10-4-2-1-3-5-10/h1-8,20H,9H2. The molecule has 0 radical (unpaired) electrons. The van der Waals surface area contributed by atoms with Gasteiger partial charge in [-0.15, -0.1) is 0 Å². The lowest BCUT2D eigenvalue weighted by atomic mass is 10.2. The molecule has 3 nitrogen and oxygen atoms in total. The zero-order chi connectivity index (χ0) is 13.9. The van der Waals surface area contributed by atoms with Crippen LogP contribution in [0.3, 0.4) is 0 Å². The van der Waals surface area contributed by atoms with Gasteiger partial charge in [-0.05, 0) is 55.7 Å². The van der Waals surface area contributed by atoms with Crippen molar-refractivity contribution in [1.29, 1.82) is 0 Å². The first-order valence-corrected chi connectivity index (χ1v) is 10.8. The summed E-state index contributed by atoms with van der Waals surface area (Å²) in [5.74, 6) is 0.854. The molecule has 1 unspecified atom stereocenters.